The van der Waals surface area contributed by atoms with E-state index in [1.54, 1.807) is 4.90 Å². The summed E-state index contributed by atoms with van der Waals surface area (Å²) >= 11 is 5.70. The van der Waals surface area contributed by atoms with Crippen molar-refractivity contribution in [2.24, 2.45) is 0 Å². The van der Waals surface area contributed by atoms with Crippen LogP contribution in [0.1, 0.15) is 19.8 Å². The minimum atomic E-state index is 0.143. The third kappa shape index (κ3) is 3.56. The number of anilines is 1. The van der Waals surface area contributed by atoms with Crippen molar-refractivity contribution in [1.82, 2.24) is 0 Å². The Morgan fingerprint density at radius 3 is 2.53 bits per heavy atom. The predicted octanol–water partition coefficient (Wildman–Crippen LogP) is 3.06. The van der Waals surface area contributed by atoms with Gasteiger partial charge in [-0.1, -0.05) is 25.1 Å². The third-order valence-electron chi connectivity index (χ3n) is 2.14. The summed E-state index contributed by atoms with van der Waals surface area (Å²) in [6.45, 7) is 2.58. The van der Waals surface area contributed by atoms with E-state index in [1.807, 2.05) is 37.3 Å². The maximum absolute atomic E-state index is 11.8. The monoisotopic (exact) mass is 225 g/mol. The van der Waals surface area contributed by atoms with Gasteiger partial charge >= 0.3 is 0 Å². The van der Waals surface area contributed by atoms with E-state index in [0.29, 0.717) is 18.8 Å². The molecule has 0 heterocycles. The number of nitrogens with zero attached hydrogens (tertiary/aromatic N) is 1. The average molecular weight is 226 g/mol. The summed E-state index contributed by atoms with van der Waals surface area (Å²) in [4.78, 5) is 13.5. The van der Waals surface area contributed by atoms with Gasteiger partial charge in [0.15, 0.2) is 0 Å². The van der Waals surface area contributed by atoms with Gasteiger partial charge in [0.05, 0.1) is 0 Å². The molecule has 0 unspecified atom stereocenters. The van der Waals surface area contributed by atoms with Crippen molar-refractivity contribution < 1.29 is 4.79 Å². The first-order valence-corrected chi connectivity index (χ1v) is 5.74. The molecule has 0 atom stereocenters. The van der Waals surface area contributed by atoms with Crippen LogP contribution in [0.15, 0.2) is 30.3 Å². The van der Waals surface area contributed by atoms with Crippen molar-refractivity contribution in [3.8, 4) is 0 Å². The first kappa shape index (κ1) is 12.1. The number of carbonyl (C=O) groups excluding carboxylic acids is 1. The van der Waals surface area contributed by atoms with Crippen molar-refractivity contribution in [3.63, 3.8) is 0 Å². The van der Waals surface area contributed by atoms with Crippen molar-refractivity contribution in [2.45, 2.75) is 19.8 Å². The number of hydrogen-bond donors (Lipinski definition) is 0. The van der Waals surface area contributed by atoms with Crippen molar-refractivity contribution in [1.29, 1.82) is 0 Å². The molecule has 0 aromatic heterocycles. The summed E-state index contributed by atoms with van der Waals surface area (Å²) in [7, 11) is 0. The SMILES string of the molecule is CCCC(=O)N(CCCl)c1ccccc1. The largest absolute Gasteiger partial charge is 0.311 e. The van der Waals surface area contributed by atoms with Crippen LogP contribution in [0.4, 0.5) is 5.69 Å². The molecule has 0 bridgehead atoms. The van der Waals surface area contributed by atoms with Crippen LogP contribution in [0, 0.1) is 0 Å². The second kappa shape index (κ2) is 6.46. The van der Waals surface area contributed by atoms with Gasteiger partial charge in [-0.2, -0.15) is 0 Å². The maximum atomic E-state index is 11.8. The van der Waals surface area contributed by atoms with E-state index in [2.05, 4.69) is 0 Å². The van der Waals surface area contributed by atoms with Gasteiger partial charge in [-0.05, 0) is 18.6 Å². The number of hydrogen-bond acceptors (Lipinski definition) is 1. The maximum Gasteiger partial charge on any atom is 0.227 e. The zero-order valence-corrected chi connectivity index (χ0v) is 9.70. The molecule has 0 spiro atoms. The van der Waals surface area contributed by atoms with Gasteiger partial charge in [-0.25, -0.2) is 0 Å². The molecule has 0 fully saturated rings. The molecule has 0 saturated heterocycles. The Balaban J connectivity index is 2.78. The highest BCUT2D eigenvalue weighted by Gasteiger charge is 2.13. The van der Waals surface area contributed by atoms with E-state index >= 15 is 0 Å². The van der Waals surface area contributed by atoms with Gasteiger partial charge in [0.1, 0.15) is 0 Å². The molecular weight excluding hydrogens is 210 g/mol. The van der Waals surface area contributed by atoms with Crippen molar-refractivity contribution >= 4 is 23.2 Å². The highest BCUT2D eigenvalue weighted by atomic mass is 35.5. The Bertz CT molecular complexity index is 300. The van der Waals surface area contributed by atoms with Crippen LogP contribution in [-0.2, 0) is 4.79 Å². The lowest BCUT2D eigenvalue weighted by Gasteiger charge is -2.21. The van der Waals surface area contributed by atoms with E-state index < -0.39 is 0 Å². The molecule has 15 heavy (non-hydrogen) atoms. The smallest absolute Gasteiger partial charge is 0.227 e. The Kier molecular flexibility index (Phi) is 5.19. The summed E-state index contributed by atoms with van der Waals surface area (Å²) in [6, 6.07) is 9.65. The van der Waals surface area contributed by atoms with Gasteiger partial charge in [-0.3, -0.25) is 4.79 Å². The molecule has 1 aromatic rings. The second-order valence-electron chi connectivity index (χ2n) is 3.32. The van der Waals surface area contributed by atoms with Crippen LogP contribution in [0.5, 0.6) is 0 Å². The second-order valence-corrected chi connectivity index (χ2v) is 3.70. The lowest BCUT2D eigenvalue weighted by Crippen LogP contribution is -2.32. The zero-order chi connectivity index (χ0) is 11.1. The molecule has 82 valence electrons. The Hall–Kier alpha value is -1.02. The lowest BCUT2D eigenvalue weighted by molar-refractivity contribution is -0.118. The number of para-hydroxylation sites is 1. The molecule has 0 N–H and O–H groups in total. The molecular formula is C12H16ClNO. The molecule has 1 amide bonds. The minimum Gasteiger partial charge on any atom is -0.311 e. The van der Waals surface area contributed by atoms with Gasteiger partial charge < -0.3 is 4.90 Å². The number of carbonyl (C=O) groups is 1. The highest BCUT2D eigenvalue weighted by Crippen LogP contribution is 2.14. The van der Waals surface area contributed by atoms with E-state index in [-0.39, 0.29) is 5.91 Å². The Morgan fingerprint density at radius 1 is 1.33 bits per heavy atom. The first-order valence-electron chi connectivity index (χ1n) is 5.21. The van der Waals surface area contributed by atoms with Crippen LogP contribution in [0.2, 0.25) is 0 Å². The van der Waals surface area contributed by atoms with Crippen LogP contribution in [0.3, 0.4) is 0 Å². The molecule has 3 heteroatoms. The van der Waals surface area contributed by atoms with E-state index in [1.165, 1.54) is 0 Å². The third-order valence-corrected chi connectivity index (χ3v) is 2.31. The number of alkyl halides is 1. The fourth-order valence-electron chi connectivity index (χ4n) is 1.44. The molecule has 0 radical (unpaired) electrons. The fourth-order valence-corrected chi connectivity index (χ4v) is 1.61. The molecule has 2 nitrogen and oxygen atoms in total. The van der Waals surface area contributed by atoms with E-state index in [0.717, 1.165) is 12.1 Å². The van der Waals surface area contributed by atoms with Gasteiger partial charge in [0.25, 0.3) is 0 Å². The lowest BCUT2D eigenvalue weighted by atomic mass is 10.2. The van der Waals surface area contributed by atoms with Crippen molar-refractivity contribution in [3.05, 3.63) is 30.3 Å². The standard InChI is InChI=1S/C12H16ClNO/c1-2-6-12(15)14(10-9-13)11-7-4-3-5-8-11/h3-5,7-8H,2,6,9-10H2,1H3. The van der Waals surface area contributed by atoms with Crippen LogP contribution in [-0.4, -0.2) is 18.3 Å². The summed E-state index contributed by atoms with van der Waals surface area (Å²) < 4.78 is 0. The highest BCUT2D eigenvalue weighted by molar-refractivity contribution is 6.18. The number of amides is 1. The molecule has 0 aliphatic carbocycles. The summed E-state index contributed by atoms with van der Waals surface area (Å²) in [6.07, 6.45) is 1.44. The average Bonchev–Trinajstić information content (AvgIpc) is 2.27. The first-order chi connectivity index (χ1) is 7.29. The normalized spacial score (nSPS) is 10.0. The number of rotatable bonds is 5. The fraction of sp³-hybridized carbons (Fsp3) is 0.417. The van der Waals surface area contributed by atoms with Crippen molar-refractivity contribution in [2.75, 3.05) is 17.3 Å². The van der Waals surface area contributed by atoms with Gasteiger partial charge in [0, 0.05) is 24.5 Å². The van der Waals surface area contributed by atoms with Crippen LogP contribution < -0.4 is 4.90 Å². The van der Waals surface area contributed by atoms with Gasteiger partial charge in [0.2, 0.25) is 5.91 Å². The summed E-state index contributed by atoms with van der Waals surface area (Å²) in [5, 5.41) is 0. The quantitative estimate of drug-likeness (QED) is 0.706. The number of benzene rings is 1. The Morgan fingerprint density at radius 2 is 2.00 bits per heavy atom. The zero-order valence-electron chi connectivity index (χ0n) is 8.95. The molecule has 1 rings (SSSR count). The molecule has 0 aliphatic heterocycles. The number of halogens is 1. The van der Waals surface area contributed by atoms with Crippen LogP contribution in [0.25, 0.3) is 0 Å². The Labute approximate surface area is 95.8 Å². The van der Waals surface area contributed by atoms with E-state index in [9.17, 15) is 4.79 Å². The molecule has 1 aromatic carbocycles. The van der Waals surface area contributed by atoms with Crippen LogP contribution >= 0.6 is 11.6 Å². The summed E-state index contributed by atoms with van der Waals surface area (Å²) in [5.74, 6) is 0.606. The minimum absolute atomic E-state index is 0.143. The topological polar surface area (TPSA) is 20.3 Å². The predicted molar refractivity (Wildman–Crippen MR) is 64.4 cm³/mol. The summed E-state index contributed by atoms with van der Waals surface area (Å²) in [5.41, 5.74) is 0.927. The van der Waals surface area contributed by atoms with Gasteiger partial charge in [-0.15, -0.1) is 11.6 Å². The van der Waals surface area contributed by atoms with E-state index in [4.69, 9.17) is 11.6 Å². The molecule has 0 aliphatic rings. The molecule has 0 saturated carbocycles.